The molecule has 1 fully saturated rings. The van der Waals surface area contributed by atoms with E-state index in [1.54, 1.807) is 6.07 Å². The molecule has 0 aromatic carbocycles. The predicted molar refractivity (Wildman–Crippen MR) is 80.8 cm³/mol. The molecule has 1 saturated carbocycles. The summed E-state index contributed by atoms with van der Waals surface area (Å²) in [6, 6.07) is 3.35. The number of anilines is 2. The molecular formula is C14H12ClF2N5O. The number of amides is 1. The zero-order chi connectivity index (χ0) is 16.4. The molecule has 2 N–H and O–H groups in total. The Hall–Kier alpha value is -2.35. The lowest BCUT2D eigenvalue weighted by molar-refractivity contribution is 0.100. The van der Waals surface area contributed by atoms with Crippen LogP contribution in [0.25, 0.3) is 0 Å². The van der Waals surface area contributed by atoms with Gasteiger partial charge in [-0.1, -0.05) is 11.6 Å². The molecule has 1 amide bonds. The topological polar surface area (TPSA) is 79.8 Å². The monoisotopic (exact) mass is 339 g/mol. The van der Waals surface area contributed by atoms with E-state index in [1.807, 2.05) is 0 Å². The van der Waals surface area contributed by atoms with Crippen LogP contribution in [0.3, 0.4) is 0 Å². The van der Waals surface area contributed by atoms with Gasteiger partial charge < -0.3 is 10.6 Å². The lowest BCUT2D eigenvalue weighted by Gasteiger charge is -2.13. The summed E-state index contributed by atoms with van der Waals surface area (Å²) in [6.07, 6.45) is 1.17. The maximum Gasteiger partial charge on any atom is 0.281 e. The number of alkyl halides is 2. The Morgan fingerprint density at radius 1 is 1.35 bits per heavy atom. The van der Waals surface area contributed by atoms with Crippen molar-refractivity contribution in [2.75, 3.05) is 10.6 Å². The molecule has 1 aliphatic rings. The van der Waals surface area contributed by atoms with Gasteiger partial charge in [-0.25, -0.2) is 23.7 Å². The second-order valence-electron chi connectivity index (χ2n) is 5.03. The first kappa shape index (κ1) is 15.5. The third kappa shape index (κ3) is 3.70. The molecule has 2 aromatic heterocycles. The molecule has 0 unspecified atom stereocenters. The van der Waals surface area contributed by atoms with Crippen molar-refractivity contribution < 1.29 is 13.6 Å². The average Bonchev–Trinajstić information content (AvgIpc) is 3.34. The molecule has 0 bridgehead atoms. The molecule has 0 spiro atoms. The first-order valence-corrected chi connectivity index (χ1v) is 7.25. The van der Waals surface area contributed by atoms with E-state index in [1.165, 1.54) is 6.07 Å². The van der Waals surface area contributed by atoms with Crippen LogP contribution in [0, 0.1) is 0 Å². The second kappa shape index (κ2) is 6.41. The molecule has 23 heavy (non-hydrogen) atoms. The van der Waals surface area contributed by atoms with E-state index in [-0.39, 0.29) is 16.8 Å². The summed E-state index contributed by atoms with van der Waals surface area (Å²) in [5, 5.41) is 5.94. The maximum absolute atomic E-state index is 12.9. The van der Waals surface area contributed by atoms with E-state index in [4.69, 9.17) is 11.6 Å². The Morgan fingerprint density at radius 3 is 2.83 bits per heavy atom. The van der Waals surface area contributed by atoms with Gasteiger partial charge in [-0.3, -0.25) is 4.79 Å². The van der Waals surface area contributed by atoms with Crippen LogP contribution in [0.2, 0.25) is 5.15 Å². The largest absolute Gasteiger partial charge is 0.366 e. The molecule has 0 saturated heterocycles. The number of nitrogens with one attached hydrogen (secondary N) is 2. The lowest BCUT2D eigenvalue weighted by atomic mass is 10.2. The van der Waals surface area contributed by atoms with Crippen molar-refractivity contribution in [2.24, 2.45) is 0 Å². The highest BCUT2D eigenvalue weighted by atomic mass is 35.5. The number of aromatic nitrogens is 3. The van der Waals surface area contributed by atoms with Crippen molar-refractivity contribution in [3.63, 3.8) is 0 Å². The van der Waals surface area contributed by atoms with Gasteiger partial charge in [0.15, 0.2) is 5.82 Å². The van der Waals surface area contributed by atoms with Crippen molar-refractivity contribution in [3.05, 3.63) is 41.1 Å². The van der Waals surface area contributed by atoms with E-state index in [0.717, 1.165) is 25.4 Å². The fourth-order valence-electron chi connectivity index (χ4n) is 1.94. The molecule has 1 aliphatic carbocycles. The summed E-state index contributed by atoms with van der Waals surface area (Å²) in [5.74, 6) is -0.326. The van der Waals surface area contributed by atoms with Gasteiger partial charge in [0.25, 0.3) is 12.3 Å². The predicted octanol–water partition coefficient (Wildman–Crippen LogP) is 3.29. The minimum atomic E-state index is -2.87. The van der Waals surface area contributed by atoms with Crippen LogP contribution in [0.1, 0.15) is 35.3 Å². The van der Waals surface area contributed by atoms with Gasteiger partial charge in [-0.2, -0.15) is 0 Å². The van der Waals surface area contributed by atoms with Gasteiger partial charge >= 0.3 is 0 Å². The number of carbonyl (C=O) groups is 1. The molecule has 3 rings (SSSR count). The van der Waals surface area contributed by atoms with Crippen LogP contribution < -0.4 is 10.6 Å². The maximum atomic E-state index is 12.9. The number of hydrogen-bond acceptors (Lipinski definition) is 5. The number of pyridine rings is 1. The van der Waals surface area contributed by atoms with E-state index < -0.39 is 18.0 Å². The van der Waals surface area contributed by atoms with E-state index in [9.17, 15) is 13.6 Å². The third-order valence-corrected chi connectivity index (χ3v) is 3.43. The zero-order valence-corrected chi connectivity index (χ0v) is 12.5. The SMILES string of the molecule is O=C(Nc1ccc(Cl)nc1NC1CC1)c1cncnc1C(F)F. The molecular weight excluding hydrogens is 328 g/mol. The van der Waals surface area contributed by atoms with Crippen molar-refractivity contribution in [2.45, 2.75) is 25.3 Å². The Kier molecular flexibility index (Phi) is 4.33. The van der Waals surface area contributed by atoms with Crippen LogP contribution in [-0.4, -0.2) is 26.9 Å². The van der Waals surface area contributed by atoms with E-state index in [2.05, 4.69) is 25.6 Å². The smallest absolute Gasteiger partial charge is 0.281 e. The molecule has 9 heteroatoms. The highest BCUT2D eigenvalue weighted by Gasteiger charge is 2.24. The highest BCUT2D eigenvalue weighted by molar-refractivity contribution is 6.29. The fraction of sp³-hybridized carbons (Fsp3) is 0.286. The Balaban J connectivity index is 1.85. The van der Waals surface area contributed by atoms with Crippen molar-refractivity contribution >= 4 is 29.0 Å². The summed E-state index contributed by atoms with van der Waals surface area (Å²) in [5.41, 5.74) is -0.540. The second-order valence-corrected chi connectivity index (χ2v) is 5.41. The first-order chi connectivity index (χ1) is 11.0. The van der Waals surface area contributed by atoms with E-state index in [0.29, 0.717) is 11.5 Å². The minimum absolute atomic E-state index is 0.266. The average molecular weight is 340 g/mol. The van der Waals surface area contributed by atoms with Gasteiger partial charge in [0.05, 0.1) is 11.3 Å². The lowest BCUT2D eigenvalue weighted by Crippen LogP contribution is -2.18. The Labute approximate surface area is 135 Å². The van der Waals surface area contributed by atoms with Crippen LogP contribution >= 0.6 is 11.6 Å². The highest BCUT2D eigenvalue weighted by Crippen LogP contribution is 2.30. The molecule has 120 valence electrons. The van der Waals surface area contributed by atoms with Crippen LogP contribution in [0.5, 0.6) is 0 Å². The van der Waals surface area contributed by atoms with Crippen molar-refractivity contribution in [1.82, 2.24) is 15.0 Å². The Morgan fingerprint density at radius 2 is 2.13 bits per heavy atom. The van der Waals surface area contributed by atoms with Crippen LogP contribution in [0.15, 0.2) is 24.7 Å². The van der Waals surface area contributed by atoms with Crippen molar-refractivity contribution in [1.29, 1.82) is 0 Å². The molecule has 0 radical (unpaired) electrons. The number of nitrogens with zero attached hydrogens (tertiary/aromatic N) is 3. The van der Waals surface area contributed by atoms with Crippen molar-refractivity contribution in [3.8, 4) is 0 Å². The van der Waals surface area contributed by atoms with E-state index >= 15 is 0 Å². The number of hydrogen-bond donors (Lipinski definition) is 2. The van der Waals surface area contributed by atoms with Gasteiger partial charge in [-0.05, 0) is 25.0 Å². The third-order valence-electron chi connectivity index (χ3n) is 3.22. The molecule has 0 atom stereocenters. The van der Waals surface area contributed by atoms with Gasteiger partial charge in [-0.15, -0.1) is 0 Å². The van der Waals surface area contributed by atoms with Crippen LogP contribution in [0.4, 0.5) is 20.3 Å². The Bertz CT molecular complexity index is 739. The number of halogens is 3. The first-order valence-electron chi connectivity index (χ1n) is 6.87. The van der Waals surface area contributed by atoms with Crippen LogP contribution in [-0.2, 0) is 0 Å². The standard InChI is InChI=1S/C14H12ClF2N5O/c15-10-4-3-9(13(22-10)20-7-1-2-7)21-14(23)8-5-18-6-19-11(8)12(16)17/h3-7,12H,1-2H2,(H,20,22)(H,21,23). The number of carbonyl (C=O) groups excluding carboxylic acids is 1. The number of rotatable bonds is 5. The summed E-state index contributed by atoms with van der Waals surface area (Å²) in [7, 11) is 0. The molecule has 6 nitrogen and oxygen atoms in total. The minimum Gasteiger partial charge on any atom is -0.366 e. The molecule has 2 aromatic rings. The summed E-state index contributed by atoms with van der Waals surface area (Å²) in [4.78, 5) is 23.5. The normalized spacial score (nSPS) is 13.9. The zero-order valence-electron chi connectivity index (χ0n) is 11.8. The molecule has 0 aliphatic heterocycles. The summed E-state index contributed by atoms with van der Waals surface area (Å²) < 4.78 is 25.9. The van der Waals surface area contributed by atoms with Gasteiger partial charge in [0, 0.05) is 12.2 Å². The molecule has 2 heterocycles. The quantitative estimate of drug-likeness (QED) is 0.817. The summed E-state index contributed by atoms with van der Waals surface area (Å²) in [6.45, 7) is 0. The summed E-state index contributed by atoms with van der Waals surface area (Å²) >= 11 is 5.86. The fourth-order valence-corrected chi connectivity index (χ4v) is 2.09. The van der Waals surface area contributed by atoms with Gasteiger partial charge in [0.1, 0.15) is 17.2 Å². The van der Waals surface area contributed by atoms with Gasteiger partial charge in [0.2, 0.25) is 0 Å².